The number of carboxylic acid groups (broad SMARTS) is 1. The molecule has 1 amide bonds. The summed E-state index contributed by atoms with van der Waals surface area (Å²) < 4.78 is 5.33. The largest absolute Gasteiger partial charge is 0.479 e. The molecule has 108 valence electrons. The van der Waals surface area contributed by atoms with Crippen molar-refractivity contribution in [3.05, 3.63) is 35.9 Å². The summed E-state index contributed by atoms with van der Waals surface area (Å²) in [6.07, 6.45) is -0.661. The Kier molecular flexibility index (Phi) is 4.36. The predicted molar refractivity (Wildman–Crippen MR) is 72.2 cm³/mol. The summed E-state index contributed by atoms with van der Waals surface area (Å²) in [5.74, 6) is -1.54. The fourth-order valence-electron chi connectivity index (χ4n) is 2.08. The SMILES string of the molecule is CC(NC(=O)C1CNCCO1)(C(=O)O)c1ccccc1. The van der Waals surface area contributed by atoms with Gasteiger partial charge in [-0.05, 0) is 12.5 Å². The van der Waals surface area contributed by atoms with Crippen molar-refractivity contribution in [1.29, 1.82) is 0 Å². The number of carbonyl (C=O) groups is 2. The molecule has 1 aromatic carbocycles. The van der Waals surface area contributed by atoms with E-state index in [9.17, 15) is 14.7 Å². The molecule has 6 heteroatoms. The molecule has 0 aliphatic carbocycles. The van der Waals surface area contributed by atoms with Crippen LogP contribution in [0, 0.1) is 0 Å². The first-order valence-electron chi connectivity index (χ1n) is 6.47. The number of hydrogen-bond donors (Lipinski definition) is 3. The molecule has 20 heavy (non-hydrogen) atoms. The standard InChI is InChI=1S/C14H18N2O4/c1-14(13(18)19,10-5-3-2-4-6-10)16-12(17)11-9-15-7-8-20-11/h2-6,11,15H,7-9H2,1H3,(H,16,17)(H,18,19). The Morgan fingerprint density at radius 2 is 2.10 bits per heavy atom. The first kappa shape index (κ1) is 14.5. The van der Waals surface area contributed by atoms with E-state index in [-0.39, 0.29) is 0 Å². The number of nitrogens with one attached hydrogen (secondary N) is 2. The summed E-state index contributed by atoms with van der Waals surface area (Å²) in [4.78, 5) is 23.7. The predicted octanol–water partition coefficient (Wildman–Crippen LogP) is 0.0910. The van der Waals surface area contributed by atoms with Gasteiger partial charge in [-0.25, -0.2) is 4.79 Å². The van der Waals surface area contributed by atoms with E-state index in [0.29, 0.717) is 25.3 Å². The fraction of sp³-hybridized carbons (Fsp3) is 0.429. The quantitative estimate of drug-likeness (QED) is 0.726. The van der Waals surface area contributed by atoms with Gasteiger partial charge in [-0.15, -0.1) is 0 Å². The second kappa shape index (κ2) is 6.02. The molecule has 0 radical (unpaired) electrons. The summed E-state index contributed by atoms with van der Waals surface area (Å²) in [7, 11) is 0. The molecule has 1 fully saturated rings. The molecule has 1 heterocycles. The van der Waals surface area contributed by atoms with Crippen LogP contribution in [0.15, 0.2) is 30.3 Å². The molecule has 2 rings (SSSR count). The van der Waals surface area contributed by atoms with Crippen LogP contribution in [0.2, 0.25) is 0 Å². The molecule has 0 aromatic heterocycles. The smallest absolute Gasteiger partial charge is 0.333 e. The highest BCUT2D eigenvalue weighted by Crippen LogP contribution is 2.21. The second-order valence-electron chi connectivity index (χ2n) is 4.85. The van der Waals surface area contributed by atoms with Gasteiger partial charge < -0.3 is 20.5 Å². The molecule has 2 atom stereocenters. The summed E-state index contributed by atoms with van der Waals surface area (Å²) in [6.45, 7) is 2.99. The lowest BCUT2D eigenvalue weighted by atomic mass is 9.91. The number of ether oxygens (including phenoxy) is 1. The lowest BCUT2D eigenvalue weighted by Gasteiger charge is -2.30. The van der Waals surface area contributed by atoms with Crippen molar-refractivity contribution in [1.82, 2.24) is 10.6 Å². The Balaban J connectivity index is 2.17. The average molecular weight is 278 g/mol. The zero-order valence-corrected chi connectivity index (χ0v) is 11.3. The molecule has 2 unspecified atom stereocenters. The van der Waals surface area contributed by atoms with Gasteiger partial charge in [0.25, 0.3) is 5.91 Å². The van der Waals surface area contributed by atoms with Crippen molar-refractivity contribution in [3.8, 4) is 0 Å². The van der Waals surface area contributed by atoms with Gasteiger partial charge in [0.05, 0.1) is 6.61 Å². The number of hydrogen-bond acceptors (Lipinski definition) is 4. The molecule has 3 N–H and O–H groups in total. The molecule has 0 bridgehead atoms. The van der Waals surface area contributed by atoms with Crippen LogP contribution in [-0.4, -0.2) is 42.8 Å². The van der Waals surface area contributed by atoms with E-state index in [1.807, 2.05) is 0 Å². The molecule has 0 spiro atoms. The number of carbonyl (C=O) groups excluding carboxylic acids is 1. The Morgan fingerprint density at radius 3 is 2.65 bits per heavy atom. The molecule has 1 aliphatic heterocycles. The van der Waals surface area contributed by atoms with Crippen LogP contribution in [0.3, 0.4) is 0 Å². The van der Waals surface area contributed by atoms with Crippen molar-refractivity contribution in [3.63, 3.8) is 0 Å². The van der Waals surface area contributed by atoms with E-state index < -0.39 is 23.5 Å². The van der Waals surface area contributed by atoms with Gasteiger partial charge in [0.1, 0.15) is 6.10 Å². The summed E-state index contributed by atoms with van der Waals surface area (Å²) in [5.41, 5.74) is -0.955. The monoisotopic (exact) mass is 278 g/mol. The Hall–Kier alpha value is -1.92. The molecule has 1 saturated heterocycles. The maximum absolute atomic E-state index is 12.2. The van der Waals surface area contributed by atoms with E-state index in [2.05, 4.69) is 10.6 Å². The Labute approximate surface area is 117 Å². The van der Waals surface area contributed by atoms with Crippen molar-refractivity contribution in [2.75, 3.05) is 19.7 Å². The van der Waals surface area contributed by atoms with E-state index >= 15 is 0 Å². The van der Waals surface area contributed by atoms with Crippen molar-refractivity contribution >= 4 is 11.9 Å². The van der Waals surface area contributed by atoms with Crippen LogP contribution in [0.5, 0.6) is 0 Å². The van der Waals surface area contributed by atoms with Gasteiger partial charge in [-0.2, -0.15) is 0 Å². The van der Waals surface area contributed by atoms with Gasteiger partial charge in [0.2, 0.25) is 0 Å². The number of carboxylic acids is 1. The van der Waals surface area contributed by atoms with Gasteiger partial charge in [-0.3, -0.25) is 4.79 Å². The molecular formula is C14H18N2O4. The van der Waals surface area contributed by atoms with Crippen LogP contribution < -0.4 is 10.6 Å². The summed E-state index contributed by atoms with van der Waals surface area (Å²) in [5, 5.41) is 15.1. The van der Waals surface area contributed by atoms with Gasteiger partial charge in [0.15, 0.2) is 5.54 Å². The number of benzene rings is 1. The van der Waals surface area contributed by atoms with Gasteiger partial charge in [-0.1, -0.05) is 30.3 Å². The fourth-order valence-corrected chi connectivity index (χ4v) is 2.08. The highest BCUT2D eigenvalue weighted by atomic mass is 16.5. The van der Waals surface area contributed by atoms with Crippen LogP contribution >= 0.6 is 0 Å². The number of amides is 1. The lowest BCUT2D eigenvalue weighted by Crippen LogP contribution is -2.56. The van der Waals surface area contributed by atoms with E-state index in [0.717, 1.165) is 0 Å². The topological polar surface area (TPSA) is 87.7 Å². The van der Waals surface area contributed by atoms with Crippen molar-refractivity contribution < 1.29 is 19.4 Å². The molecule has 6 nitrogen and oxygen atoms in total. The highest BCUT2D eigenvalue weighted by molar-refractivity contribution is 5.89. The number of morpholine rings is 1. The first-order valence-corrected chi connectivity index (χ1v) is 6.47. The molecular weight excluding hydrogens is 260 g/mol. The summed E-state index contributed by atoms with van der Waals surface area (Å²) >= 11 is 0. The minimum absolute atomic E-state index is 0.385. The van der Waals surface area contributed by atoms with Crippen LogP contribution in [0.25, 0.3) is 0 Å². The highest BCUT2D eigenvalue weighted by Gasteiger charge is 2.38. The van der Waals surface area contributed by atoms with Gasteiger partial charge in [0, 0.05) is 13.1 Å². The Bertz CT molecular complexity index is 485. The zero-order valence-electron chi connectivity index (χ0n) is 11.3. The molecule has 1 aliphatic rings. The minimum Gasteiger partial charge on any atom is -0.479 e. The summed E-state index contributed by atoms with van der Waals surface area (Å²) in [6, 6.07) is 8.62. The van der Waals surface area contributed by atoms with E-state index in [4.69, 9.17) is 4.74 Å². The first-order chi connectivity index (χ1) is 9.54. The maximum atomic E-state index is 12.2. The molecule has 0 saturated carbocycles. The third-order valence-corrected chi connectivity index (χ3v) is 3.37. The third-order valence-electron chi connectivity index (χ3n) is 3.37. The van der Waals surface area contributed by atoms with E-state index in [1.165, 1.54) is 6.92 Å². The zero-order chi connectivity index (χ0) is 14.6. The molecule has 1 aromatic rings. The van der Waals surface area contributed by atoms with Crippen LogP contribution in [0.1, 0.15) is 12.5 Å². The second-order valence-corrected chi connectivity index (χ2v) is 4.85. The van der Waals surface area contributed by atoms with Crippen LogP contribution in [0.4, 0.5) is 0 Å². The average Bonchev–Trinajstić information content (AvgIpc) is 2.48. The number of aliphatic carboxylic acids is 1. The third kappa shape index (κ3) is 2.97. The lowest BCUT2D eigenvalue weighted by molar-refractivity contribution is -0.150. The van der Waals surface area contributed by atoms with E-state index in [1.54, 1.807) is 30.3 Å². The van der Waals surface area contributed by atoms with Crippen molar-refractivity contribution in [2.45, 2.75) is 18.6 Å². The Morgan fingerprint density at radius 1 is 1.40 bits per heavy atom. The maximum Gasteiger partial charge on any atom is 0.333 e. The van der Waals surface area contributed by atoms with Gasteiger partial charge >= 0.3 is 5.97 Å². The normalized spacial score (nSPS) is 21.8. The van der Waals surface area contributed by atoms with Crippen LogP contribution in [-0.2, 0) is 19.9 Å². The van der Waals surface area contributed by atoms with Crippen molar-refractivity contribution in [2.24, 2.45) is 0 Å². The minimum atomic E-state index is -1.47. The number of rotatable bonds is 4.